The zero-order valence-corrected chi connectivity index (χ0v) is 8.94. The largest absolute Gasteiger partial charge is 0.303 e. The highest BCUT2D eigenvalue weighted by Crippen LogP contribution is 2.47. The third-order valence-corrected chi connectivity index (χ3v) is 5.74. The van der Waals surface area contributed by atoms with Crippen molar-refractivity contribution in [3.05, 3.63) is 0 Å². The average Bonchev–Trinajstić information content (AvgIpc) is 2.40. The lowest BCUT2D eigenvalue weighted by molar-refractivity contribution is 0.741. The fraction of sp³-hybridized carbons (Fsp3) is 0.714. The van der Waals surface area contributed by atoms with E-state index in [4.69, 9.17) is 10.8 Å². The second kappa shape index (κ2) is 2.39. The first-order valence-electron chi connectivity index (χ1n) is 3.58. The van der Waals surface area contributed by atoms with Gasteiger partial charge >= 0.3 is 0 Å². The molecule has 0 saturated heterocycles. The highest BCUT2D eigenvalue weighted by molar-refractivity contribution is 9.12. The highest BCUT2D eigenvalue weighted by atomic mass is 79.9. The van der Waals surface area contributed by atoms with Gasteiger partial charge in [0.05, 0.1) is 11.4 Å². The second-order valence-electron chi connectivity index (χ2n) is 3.16. The first-order valence-corrected chi connectivity index (χ1v) is 5.41. The van der Waals surface area contributed by atoms with Crippen molar-refractivity contribution in [2.24, 2.45) is 11.8 Å². The van der Waals surface area contributed by atoms with Gasteiger partial charge in [-0.05, 0) is 6.42 Å². The van der Waals surface area contributed by atoms with Gasteiger partial charge in [-0.1, -0.05) is 31.9 Å². The van der Waals surface area contributed by atoms with E-state index in [1.165, 1.54) is 0 Å². The lowest BCUT2D eigenvalue weighted by Gasteiger charge is -2.22. The van der Waals surface area contributed by atoms with Crippen molar-refractivity contribution in [2.45, 2.75) is 16.1 Å². The van der Waals surface area contributed by atoms with E-state index in [-0.39, 0.29) is 11.8 Å². The van der Waals surface area contributed by atoms with Gasteiger partial charge in [-0.3, -0.25) is 0 Å². The molecule has 0 aromatic heterocycles. The van der Waals surface area contributed by atoms with Crippen LogP contribution in [-0.2, 0) is 0 Å². The Hall–Kier alpha value is 0.300. The standard InChI is InChI=1S/C7H8Br2N2/c8-4-2-1-3(5(4)9)7(11)6(2)10/h2-5,10-11H,1H2. The van der Waals surface area contributed by atoms with Crippen LogP contribution >= 0.6 is 31.9 Å². The van der Waals surface area contributed by atoms with Crippen molar-refractivity contribution >= 4 is 43.3 Å². The molecule has 2 saturated carbocycles. The van der Waals surface area contributed by atoms with Crippen LogP contribution in [0, 0.1) is 22.7 Å². The minimum atomic E-state index is 0.289. The summed E-state index contributed by atoms with van der Waals surface area (Å²) in [6.07, 6.45) is 0.990. The van der Waals surface area contributed by atoms with Gasteiger partial charge in [-0.2, -0.15) is 0 Å². The first kappa shape index (κ1) is 7.92. The van der Waals surface area contributed by atoms with E-state index in [9.17, 15) is 0 Å². The maximum absolute atomic E-state index is 7.59. The van der Waals surface area contributed by atoms with Gasteiger partial charge in [0.2, 0.25) is 0 Å². The molecule has 0 amide bonds. The summed E-state index contributed by atoms with van der Waals surface area (Å²) in [5.74, 6) is 0.578. The Morgan fingerprint density at radius 1 is 1.00 bits per heavy atom. The Labute approximate surface area is 82.0 Å². The molecule has 2 bridgehead atoms. The zero-order valence-electron chi connectivity index (χ0n) is 5.77. The van der Waals surface area contributed by atoms with Crippen molar-refractivity contribution < 1.29 is 0 Å². The summed E-state index contributed by atoms with van der Waals surface area (Å²) in [6.45, 7) is 0. The SMILES string of the molecule is N=C1C(=N)C2CC1C(Br)C2Br. The van der Waals surface area contributed by atoms with Gasteiger partial charge in [-0.15, -0.1) is 0 Å². The minimum absolute atomic E-state index is 0.289. The Morgan fingerprint density at radius 3 is 1.64 bits per heavy atom. The van der Waals surface area contributed by atoms with Crippen LogP contribution in [-0.4, -0.2) is 21.1 Å². The quantitative estimate of drug-likeness (QED) is 0.639. The minimum Gasteiger partial charge on any atom is -0.303 e. The lowest BCUT2D eigenvalue weighted by Crippen LogP contribution is -2.35. The average molecular weight is 280 g/mol. The first-order chi connectivity index (χ1) is 5.13. The molecule has 60 valence electrons. The number of hydrogen-bond donors (Lipinski definition) is 2. The van der Waals surface area contributed by atoms with Crippen LogP contribution in [0.25, 0.3) is 0 Å². The Kier molecular flexibility index (Phi) is 1.72. The highest BCUT2D eigenvalue weighted by Gasteiger charge is 2.51. The van der Waals surface area contributed by atoms with E-state index >= 15 is 0 Å². The summed E-state index contributed by atoms with van der Waals surface area (Å²) in [7, 11) is 0. The number of fused-ring (bicyclic) bond motifs is 2. The van der Waals surface area contributed by atoms with Crippen LogP contribution in [0.4, 0.5) is 0 Å². The number of halogens is 2. The van der Waals surface area contributed by atoms with Gasteiger partial charge in [0, 0.05) is 21.5 Å². The van der Waals surface area contributed by atoms with Crippen molar-refractivity contribution in [1.82, 2.24) is 0 Å². The monoisotopic (exact) mass is 278 g/mol. The van der Waals surface area contributed by atoms with Crippen LogP contribution in [0.2, 0.25) is 0 Å². The smallest absolute Gasteiger partial charge is 0.0567 e. The molecule has 0 aromatic rings. The van der Waals surface area contributed by atoms with Crippen molar-refractivity contribution in [1.29, 1.82) is 10.8 Å². The predicted octanol–water partition coefficient (Wildman–Crippen LogP) is 2.20. The molecule has 0 spiro atoms. The van der Waals surface area contributed by atoms with E-state index in [1.807, 2.05) is 0 Å². The number of nitrogens with one attached hydrogen (secondary N) is 2. The Balaban J connectivity index is 2.35. The van der Waals surface area contributed by atoms with E-state index in [2.05, 4.69) is 31.9 Å². The molecule has 4 heteroatoms. The predicted molar refractivity (Wildman–Crippen MR) is 52.5 cm³/mol. The molecule has 0 heterocycles. The van der Waals surface area contributed by atoms with E-state index in [1.54, 1.807) is 0 Å². The van der Waals surface area contributed by atoms with Gasteiger partial charge in [0.1, 0.15) is 0 Å². The molecular formula is C7H8Br2N2. The van der Waals surface area contributed by atoms with Gasteiger partial charge in [-0.25, -0.2) is 0 Å². The molecule has 0 aliphatic heterocycles. The fourth-order valence-electron chi connectivity index (χ4n) is 1.93. The maximum Gasteiger partial charge on any atom is 0.0567 e. The molecule has 2 aliphatic carbocycles. The van der Waals surface area contributed by atoms with Crippen molar-refractivity contribution in [3.8, 4) is 0 Å². The summed E-state index contributed by atoms with van der Waals surface area (Å²) in [5, 5.41) is 15.2. The molecule has 0 aromatic carbocycles. The molecule has 11 heavy (non-hydrogen) atoms. The molecule has 2 rings (SSSR count). The third-order valence-electron chi connectivity index (χ3n) is 2.61. The molecule has 4 atom stereocenters. The number of rotatable bonds is 0. The number of alkyl halides is 2. The lowest BCUT2D eigenvalue weighted by atomic mass is 9.96. The van der Waals surface area contributed by atoms with Crippen LogP contribution < -0.4 is 0 Å². The summed E-state index contributed by atoms with van der Waals surface area (Å²) >= 11 is 7.09. The third kappa shape index (κ3) is 0.886. The van der Waals surface area contributed by atoms with E-state index < -0.39 is 0 Å². The topological polar surface area (TPSA) is 47.7 Å². The van der Waals surface area contributed by atoms with Gasteiger partial charge < -0.3 is 10.8 Å². The Bertz CT molecular complexity index is 215. The zero-order chi connectivity index (χ0) is 8.17. The maximum atomic E-state index is 7.59. The molecule has 2 N–H and O–H groups in total. The molecular weight excluding hydrogens is 272 g/mol. The van der Waals surface area contributed by atoms with E-state index in [0.29, 0.717) is 21.1 Å². The summed E-state index contributed by atoms with van der Waals surface area (Å²) in [6, 6.07) is 0. The number of hydrogen-bond acceptors (Lipinski definition) is 2. The fourth-order valence-corrected chi connectivity index (χ4v) is 3.63. The van der Waals surface area contributed by atoms with E-state index in [0.717, 1.165) is 6.42 Å². The van der Waals surface area contributed by atoms with Crippen LogP contribution in [0.15, 0.2) is 0 Å². The molecule has 2 nitrogen and oxygen atoms in total. The normalized spacial score (nSPS) is 48.9. The summed E-state index contributed by atoms with van der Waals surface area (Å²) in [4.78, 5) is 0.739. The Morgan fingerprint density at radius 2 is 1.36 bits per heavy atom. The summed E-state index contributed by atoms with van der Waals surface area (Å²) < 4.78 is 0. The van der Waals surface area contributed by atoms with Crippen LogP contribution in [0.5, 0.6) is 0 Å². The van der Waals surface area contributed by atoms with Crippen LogP contribution in [0.3, 0.4) is 0 Å². The van der Waals surface area contributed by atoms with Crippen molar-refractivity contribution in [3.63, 3.8) is 0 Å². The molecule has 2 aliphatic rings. The molecule has 2 fully saturated rings. The van der Waals surface area contributed by atoms with Gasteiger partial charge in [0.25, 0.3) is 0 Å². The van der Waals surface area contributed by atoms with Crippen LogP contribution in [0.1, 0.15) is 6.42 Å². The van der Waals surface area contributed by atoms with Crippen molar-refractivity contribution in [2.75, 3.05) is 0 Å². The molecule has 0 radical (unpaired) electrons. The second-order valence-corrected chi connectivity index (χ2v) is 5.28. The van der Waals surface area contributed by atoms with Gasteiger partial charge in [0.15, 0.2) is 0 Å². The summed E-state index contributed by atoms with van der Waals surface area (Å²) in [5.41, 5.74) is 1.10. The molecule has 4 unspecified atom stereocenters.